The van der Waals surface area contributed by atoms with E-state index in [1.165, 1.54) is 10.4 Å². The lowest BCUT2D eigenvalue weighted by Gasteiger charge is -2.15. The molecule has 0 aliphatic carbocycles. The summed E-state index contributed by atoms with van der Waals surface area (Å²) in [4.78, 5) is 1.39. The molecule has 0 saturated carbocycles. The Labute approximate surface area is 118 Å². The van der Waals surface area contributed by atoms with Crippen LogP contribution >= 0.6 is 24.0 Å². The largest absolute Gasteiger partial charge is 0.380 e. The van der Waals surface area contributed by atoms with Gasteiger partial charge in [-0.1, -0.05) is 36.4 Å². The van der Waals surface area contributed by atoms with E-state index in [-0.39, 0.29) is 0 Å². The third-order valence-corrected chi connectivity index (χ3v) is 4.26. The minimum Gasteiger partial charge on any atom is -0.380 e. The summed E-state index contributed by atoms with van der Waals surface area (Å²) in [5.74, 6) is 1.21. The maximum absolute atomic E-state index is 5.77. The van der Waals surface area contributed by atoms with Gasteiger partial charge in [0.25, 0.3) is 0 Å². The fraction of sp³-hybridized carbons (Fsp3) is 0.333. The Bertz CT molecular complexity index is 425. The molecule has 1 nitrogen and oxygen atoms in total. The molecule has 1 atom stereocenters. The highest BCUT2D eigenvalue weighted by Crippen LogP contribution is 2.17. The Morgan fingerprint density at radius 1 is 1.11 bits per heavy atom. The van der Waals surface area contributed by atoms with Crippen molar-refractivity contribution in [2.75, 3.05) is 19.0 Å². The third-order valence-electron chi connectivity index (χ3n) is 2.88. The third kappa shape index (κ3) is 4.16. The Balaban J connectivity index is 1.74. The van der Waals surface area contributed by atoms with Crippen molar-refractivity contribution in [1.29, 1.82) is 0 Å². The van der Waals surface area contributed by atoms with Crippen molar-refractivity contribution in [2.24, 2.45) is 0 Å². The molecule has 18 heavy (non-hydrogen) atoms. The zero-order valence-corrected chi connectivity index (χ0v) is 12.0. The first kappa shape index (κ1) is 13.7. The molecule has 2 aromatic rings. The smallest absolute Gasteiger partial charge is 0.0542 e. The number of hydrogen-bond donors (Lipinski definition) is 1. The van der Waals surface area contributed by atoms with Gasteiger partial charge in [0.2, 0.25) is 0 Å². The zero-order valence-electron chi connectivity index (χ0n) is 10.3. The highest BCUT2D eigenvalue weighted by Gasteiger charge is 2.09. The lowest BCUT2D eigenvalue weighted by atomic mass is 10.0. The lowest BCUT2D eigenvalue weighted by molar-refractivity contribution is 0.128. The zero-order chi connectivity index (χ0) is 12.6. The fourth-order valence-corrected chi connectivity index (χ4v) is 2.84. The second-order valence-corrected chi connectivity index (χ2v) is 5.59. The van der Waals surface area contributed by atoms with Gasteiger partial charge in [0.1, 0.15) is 0 Å². The standard InChI is InChI=1S/C15H18OS2/c17-12-14(13-5-2-1-3-6-13)11-16-9-8-15-7-4-10-18-15/h1-7,10,14,17H,8-9,11-12H2. The maximum atomic E-state index is 5.77. The molecule has 96 valence electrons. The molecule has 0 amide bonds. The summed E-state index contributed by atoms with van der Waals surface area (Å²) < 4.78 is 5.77. The number of thiophene rings is 1. The topological polar surface area (TPSA) is 9.23 Å². The molecular weight excluding hydrogens is 260 g/mol. The van der Waals surface area contributed by atoms with Gasteiger partial charge in [0, 0.05) is 17.2 Å². The van der Waals surface area contributed by atoms with Crippen molar-refractivity contribution in [2.45, 2.75) is 12.3 Å². The molecule has 0 saturated heterocycles. The van der Waals surface area contributed by atoms with Crippen molar-refractivity contribution in [3.8, 4) is 0 Å². The van der Waals surface area contributed by atoms with Gasteiger partial charge in [-0.25, -0.2) is 0 Å². The molecule has 1 aromatic carbocycles. The van der Waals surface area contributed by atoms with Crippen molar-refractivity contribution in [3.63, 3.8) is 0 Å². The van der Waals surface area contributed by atoms with Crippen molar-refractivity contribution < 1.29 is 4.74 Å². The van der Waals surface area contributed by atoms with Crippen LogP contribution in [0.3, 0.4) is 0 Å². The molecule has 0 radical (unpaired) electrons. The predicted molar refractivity (Wildman–Crippen MR) is 81.9 cm³/mol. The number of ether oxygens (including phenoxy) is 1. The summed E-state index contributed by atoms with van der Waals surface area (Å²) in [5.41, 5.74) is 1.31. The number of hydrogen-bond acceptors (Lipinski definition) is 3. The van der Waals surface area contributed by atoms with E-state index in [2.05, 4.69) is 54.4 Å². The second kappa shape index (κ2) is 7.62. The van der Waals surface area contributed by atoms with Gasteiger partial charge in [0.15, 0.2) is 0 Å². The maximum Gasteiger partial charge on any atom is 0.0542 e. The van der Waals surface area contributed by atoms with Gasteiger partial charge in [0.05, 0.1) is 13.2 Å². The fourth-order valence-electron chi connectivity index (χ4n) is 1.83. The molecule has 0 aliphatic heterocycles. The average molecular weight is 278 g/mol. The summed E-state index contributed by atoms with van der Waals surface area (Å²) in [6.07, 6.45) is 1.01. The second-order valence-electron chi connectivity index (χ2n) is 4.19. The van der Waals surface area contributed by atoms with Crippen LogP contribution in [0.15, 0.2) is 47.8 Å². The van der Waals surface area contributed by atoms with Gasteiger partial charge in [-0.15, -0.1) is 11.3 Å². The molecule has 0 spiro atoms. The van der Waals surface area contributed by atoms with Crippen LogP contribution in [0.4, 0.5) is 0 Å². The lowest BCUT2D eigenvalue weighted by Crippen LogP contribution is -2.11. The normalized spacial score (nSPS) is 12.5. The highest BCUT2D eigenvalue weighted by molar-refractivity contribution is 7.80. The van der Waals surface area contributed by atoms with E-state index in [1.54, 1.807) is 11.3 Å². The molecular formula is C15H18OS2. The van der Waals surface area contributed by atoms with Crippen LogP contribution in [0.25, 0.3) is 0 Å². The van der Waals surface area contributed by atoms with Gasteiger partial charge >= 0.3 is 0 Å². The Morgan fingerprint density at radius 2 is 1.94 bits per heavy atom. The minimum atomic E-state index is 0.387. The van der Waals surface area contributed by atoms with Crippen LogP contribution in [0.2, 0.25) is 0 Å². The first-order valence-corrected chi connectivity index (χ1v) is 7.67. The molecule has 2 rings (SSSR count). The summed E-state index contributed by atoms with van der Waals surface area (Å²) in [6, 6.07) is 14.7. The van der Waals surface area contributed by atoms with Crippen LogP contribution in [0.5, 0.6) is 0 Å². The Hall–Kier alpha value is -0.770. The monoisotopic (exact) mass is 278 g/mol. The van der Waals surface area contributed by atoms with E-state index in [9.17, 15) is 0 Å². The van der Waals surface area contributed by atoms with Crippen LogP contribution < -0.4 is 0 Å². The molecule has 0 aliphatic rings. The van der Waals surface area contributed by atoms with E-state index in [4.69, 9.17) is 4.74 Å². The van der Waals surface area contributed by atoms with E-state index >= 15 is 0 Å². The van der Waals surface area contributed by atoms with Crippen LogP contribution in [-0.2, 0) is 11.2 Å². The number of thiol groups is 1. The quantitative estimate of drug-likeness (QED) is 0.594. The summed E-state index contributed by atoms with van der Waals surface area (Å²) in [7, 11) is 0. The predicted octanol–water partition coefficient (Wildman–Crippen LogP) is 4.02. The van der Waals surface area contributed by atoms with Crippen LogP contribution in [0.1, 0.15) is 16.4 Å². The molecule has 1 unspecified atom stereocenters. The first-order chi connectivity index (χ1) is 8.90. The molecule has 1 heterocycles. The van der Waals surface area contributed by atoms with Crippen molar-refractivity contribution in [1.82, 2.24) is 0 Å². The van der Waals surface area contributed by atoms with E-state index in [0.717, 1.165) is 25.4 Å². The first-order valence-electron chi connectivity index (χ1n) is 6.16. The van der Waals surface area contributed by atoms with E-state index < -0.39 is 0 Å². The van der Waals surface area contributed by atoms with Gasteiger partial charge in [-0.2, -0.15) is 12.6 Å². The van der Waals surface area contributed by atoms with Crippen LogP contribution in [-0.4, -0.2) is 19.0 Å². The number of rotatable bonds is 7. The number of benzene rings is 1. The Morgan fingerprint density at radius 3 is 2.61 bits per heavy atom. The SMILES string of the molecule is SCC(COCCc1cccs1)c1ccccc1. The highest BCUT2D eigenvalue weighted by atomic mass is 32.1. The van der Waals surface area contributed by atoms with E-state index in [1.807, 2.05) is 6.07 Å². The van der Waals surface area contributed by atoms with Gasteiger partial charge in [-0.05, 0) is 22.8 Å². The van der Waals surface area contributed by atoms with Crippen LogP contribution in [0, 0.1) is 0 Å². The molecule has 0 fully saturated rings. The molecule has 0 N–H and O–H groups in total. The summed E-state index contributed by atoms with van der Waals surface area (Å²) in [5, 5.41) is 2.11. The average Bonchev–Trinajstić information content (AvgIpc) is 2.93. The van der Waals surface area contributed by atoms with Gasteiger partial charge < -0.3 is 4.74 Å². The molecule has 0 bridgehead atoms. The Kier molecular flexibility index (Phi) is 5.78. The minimum absolute atomic E-state index is 0.387. The summed E-state index contributed by atoms with van der Waals surface area (Å²) in [6.45, 7) is 1.54. The van der Waals surface area contributed by atoms with Crippen molar-refractivity contribution in [3.05, 3.63) is 58.3 Å². The van der Waals surface area contributed by atoms with Crippen molar-refractivity contribution >= 4 is 24.0 Å². The van der Waals surface area contributed by atoms with E-state index in [0.29, 0.717) is 5.92 Å². The molecule has 3 heteroatoms. The van der Waals surface area contributed by atoms with Gasteiger partial charge in [-0.3, -0.25) is 0 Å². The summed E-state index contributed by atoms with van der Waals surface area (Å²) >= 11 is 6.20. The molecule has 1 aromatic heterocycles.